The van der Waals surface area contributed by atoms with Crippen LogP contribution in [0.5, 0.6) is 0 Å². The van der Waals surface area contributed by atoms with Gasteiger partial charge in [-0.3, -0.25) is 9.59 Å². The second-order valence-corrected chi connectivity index (χ2v) is 7.14. The molecule has 1 amide bonds. The maximum Gasteiger partial charge on any atom is 0.311 e. The number of ether oxygens (including phenoxy) is 1. The summed E-state index contributed by atoms with van der Waals surface area (Å²) in [6.45, 7) is 0.412. The Morgan fingerprint density at radius 1 is 1.50 bits per heavy atom. The lowest BCUT2D eigenvalue weighted by Gasteiger charge is -2.15. The van der Waals surface area contributed by atoms with E-state index >= 15 is 0 Å². The fourth-order valence-corrected chi connectivity index (χ4v) is 3.90. The van der Waals surface area contributed by atoms with E-state index in [0.29, 0.717) is 11.5 Å². The van der Waals surface area contributed by atoms with Gasteiger partial charge in [-0.25, -0.2) is 0 Å². The van der Waals surface area contributed by atoms with Crippen LogP contribution in [0.1, 0.15) is 4.88 Å². The zero-order chi connectivity index (χ0) is 14.5. The Balaban J connectivity index is 1.71. The first-order valence-electron chi connectivity index (χ1n) is 5.98. The Morgan fingerprint density at radius 3 is 2.95 bits per heavy atom. The minimum absolute atomic E-state index is 0.154. The summed E-state index contributed by atoms with van der Waals surface area (Å²) in [6, 6.07) is 3.33. The maximum atomic E-state index is 11.8. The number of carbonyl (C=O) groups excluding carboxylic acids is 1. The second-order valence-electron chi connectivity index (χ2n) is 4.35. The van der Waals surface area contributed by atoms with Gasteiger partial charge in [0.05, 0.1) is 29.3 Å². The van der Waals surface area contributed by atoms with E-state index < -0.39 is 17.9 Å². The van der Waals surface area contributed by atoms with E-state index in [1.165, 1.54) is 23.1 Å². The predicted octanol–water partition coefficient (Wildman–Crippen LogP) is 1.85. The largest absolute Gasteiger partial charge is 0.481 e. The molecule has 1 aromatic rings. The van der Waals surface area contributed by atoms with Gasteiger partial charge in [0.2, 0.25) is 5.91 Å². The molecule has 0 spiro atoms. The first-order chi connectivity index (χ1) is 9.56. The van der Waals surface area contributed by atoms with Crippen LogP contribution >= 0.6 is 34.7 Å². The van der Waals surface area contributed by atoms with Crippen LogP contribution in [0.25, 0.3) is 0 Å². The van der Waals surface area contributed by atoms with Gasteiger partial charge in [0, 0.05) is 10.6 Å². The van der Waals surface area contributed by atoms with Crippen molar-refractivity contribution in [1.82, 2.24) is 5.32 Å². The van der Waals surface area contributed by atoms with Crippen molar-refractivity contribution < 1.29 is 19.4 Å². The van der Waals surface area contributed by atoms with Crippen molar-refractivity contribution in [3.63, 3.8) is 0 Å². The van der Waals surface area contributed by atoms with Gasteiger partial charge in [-0.1, -0.05) is 11.6 Å². The smallest absolute Gasteiger partial charge is 0.311 e. The summed E-state index contributed by atoms with van der Waals surface area (Å²) in [5.74, 6) is -0.750. The minimum Gasteiger partial charge on any atom is -0.481 e. The molecular formula is C12H14ClNO4S2. The van der Waals surface area contributed by atoms with E-state index in [1.54, 1.807) is 0 Å². The first-order valence-corrected chi connectivity index (χ1v) is 8.33. The number of carboxylic acid groups (broad SMARTS) is 1. The molecule has 2 atom stereocenters. The number of rotatable bonds is 6. The number of halogens is 1. The van der Waals surface area contributed by atoms with Crippen LogP contribution in [-0.4, -0.2) is 42.0 Å². The van der Waals surface area contributed by atoms with Gasteiger partial charge in [-0.2, -0.15) is 0 Å². The Kier molecular flexibility index (Phi) is 5.71. The third kappa shape index (κ3) is 4.37. The molecule has 0 radical (unpaired) electrons. The normalized spacial score (nSPS) is 21.9. The summed E-state index contributed by atoms with van der Waals surface area (Å²) in [4.78, 5) is 23.8. The van der Waals surface area contributed by atoms with Gasteiger partial charge in [-0.05, 0) is 12.1 Å². The fraction of sp³-hybridized carbons (Fsp3) is 0.500. The first kappa shape index (κ1) is 15.6. The molecule has 2 N–H and O–H groups in total. The standard InChI is InChI=1S/C12H14ClNO4S2/c13-10-2-1-7(20-10)5-19-6-11(15)14-9-4-18-3-8(9)12(16)17/h1-2,8-9H,3-6H2,(H,14,15)(H,16,17). The zero-order valence-electron chi connectivity index (χ0n) is 10.5. The molecule has 1 aliphatic rings. The number of aliphatic carboxylic acids is 1. The average Bonchev–Trinajstić information content (AvgIpc) is 2.98. The van der Waals surface area contributed by atoms with Gasteiger partial charge in [0.15, 0.2) is 0 Å². The van der Waals surface area contributed by atoms with E-state index in [-0.39, 0.29) is 19.1 Å². The van der Waals surface area contributed by atoms with Gasteiger partial charge < -0.3 is 15.2 Å². The SMILES string of the molecule is O=C(CSCc1ccc(Cl)s1)NC1COCC1C(=O)O. The van der Waals surface area contributed by atoms with Crippen LogP contribution in [0.2, 0.25) is 4.34 Å². The molecule has 0 bridgehead atoms. The Morgan fingerprint density at radius 2 is 2.30 bits per heavy atom. The molecular weight excluding hydrogens is 322 g/mol. The zero-order valence-corrected chi connectivity index (χ0v) is 12.9. The number of carbonyl (C=O) groups is 2. The van der Waals surface area contributed by atoms with Crippen LogP contribution in [0, 0.1) is 5.92 Å². The van der Waals surface area contributed by atoms with Crippen LogP contribution in [-0.2, 0) is 20.1 Å². The van der Waals surface area contributed by atoms with E-state index in [0.717, 1.165) is 9.21 Å². The summed E-state index contributed by atoms with van der Waals surface area (Å²) in [6.07, 6.45) is 0. The predicted molar refractivity (Wildman–Crippen MR) is 79.4 cm³/mol. The van der Waals surface area contributed by atoms with Crippen molar-refractivity contribution in [1.29, 1.82) is 0 Å². The lowest BCUT2D eigenvalue weighted by Crippen LogP contribution is -2.43. The van der Waals surface area contributed by atoms with Crippen molar-refractivity contribution >= 4 is 46.6 Å². The summed E-state index contributed by atoms with van der Waals surface area (Å²) in [5.41, 5.74) is 0. The Bertz CT molecular complexity index is 494. The molecule has 2 unspecified atom stereocenters. The molecule has 1 saturated heterocycles. The Hall–Kier alpha value is -0.760. The number of hydrogen-bond acceptors (Lipinski definition) is 5. The highest BCUT2D eigenvalue weighted by atomic mass is 35.5. The maximum absolute atomic E-state index is 11.8. The van der Waals surface area contributed by atoms with E-state index in [2.05, 4.69) is 5.32 Å². The summed E-state index contributed by atoms with van der Waals surface area (Å²) in [5, 5.41) is 11.7. The highest BCUT2D eigenvalue weighted by Gasteiger charge is 2.34. The van der Waals surface area contributed by atoms with Crippen LogP contribution in [0.3, 0.4) is 0 Å². The third-order valence-electron chi connectivity index (χ3n) is 2.85. The lowest BCUT2D eigenvalue weighted by molar-refractivity contribution is -0.142. The summed E-state index contributed by atoms with van der Waals surface area (Å²) in [7, 11) is 0. The van der Waals surface area contributed by atoms with E-state index in [4.69, 9.17) is 21.4 Å². The topological polar surface area (TPSA) is 75.6 Å². The molecule has 0 saturated carbocycles. The summed E-state index contributed by atoms with van der Waals surface area (Å²) < 4.78 is 5.83. The minimum atomic E-state index is -0.936. The molecule has 20 heavy (non-hydrogen) atoms. The number of carboxylic acids is 1. The highest BCUT2D eigenvalue weighted by Crippen LogP contribution is 2.25. The lowest BCUT2D eigenvalue weighted by atomic mass is 10.0. The van der Waals surface area contributed by atoms with Gasteiger partial charge in [0.1, 0.15) is 5.92 Å². The van der Waals surface area contributed by atoms with Crippen molar-refractivity contribution in [3.05, 3.63) is 21.3 Å². The van der Waals surface area contributed by atoms with E-state index in [1.807, 2.05) is 12.1 Å². The third-order valence-corrected chi connectivity index (χ3v) is 5.25. The number of thiophene rings is 1. The quantitative estimate of drug-likeness (QED) is 0.829. The molecule has 5 nitrogen and oxygen atoms in total. The molecule has 0 aliphatic carbocycles. The van der Waals surface area contributed by atoms with Gasteiger partial charge >= 0.3 is 5.97 Å². The highest BCUT2D eigenvalue weighted by molar-refractivity contribution is 7.99. The Labute approximate surface area is 129 Å². The second kappa shape index (κ2) is 7.31. The number of nitrogens with one attached hydrogen (secondary N) is 1. The van der Waals surface area contributed by atoms with Crippen LogP contribution in [0.15, 0.2) is 12.1 Å². The molecule has 0 aromatic carbocycles. The summed E-state index contributed by atoms with van der Waals surface area (Å²) >= 11 is 8.79. The number of thioether (sulfide) groups is 1. The van der Waals surface area contributed by atoms with Crippen LogP contribution < -0.4 is 5.32 Å². The number of amides is 1. The molecule has 1 aromatic heterocycles. The van der Waals surface area contributed by atoms with Crippen LogP contribution in [0.4, 0.5) is 0 Å². The van der Waals surface area contributed by atoms with Crippen molar-refractivity contribution in [2.45, 2.75) is 11.8 Å². The van der Waals surface area contributed by atoms with E-state index in [9.17, 15) is 9.59 Å². The van der Waals surface area contributed by atoms with Gasteiger partial charge in [-0.15, -0.1) is 23.1 Å². The molecule has 8 heteroatoms. The molecule has 110 valence electrons. The molecule has 1 fully saturated rings. The molecule has 1 aliphatic heterocycles. The van der Waals surface area contributed by atoms with Crippen molar-refractivity contribution in [3.8, 4) is 0 Å². The average molecular weight is 336 g/mol. The molecule has 2 heterocycles. The monoisotopic (exact) mass is 335 g/mol. The number of hydrogen-bond donors (Lipinski definition) is 2. The molecule has 2 rings (SSSR count). The van der Waals surface area contributed by atoms with Crippen molar-refractivity contribution in [2.24, 2.45) is 5.92 Å². The fourth-order valence-electron chi connectivity index (χ4n) is 1.86. The van der Waals surface area contributed by atoms with Gasteiger partial charge in [0.25, 0.3) is 0 Å². The van der Waals surface area contributed by atoms with Crippen molar-refractivity contribution in [2.75, 3.05) is 19.0 Å².